The van der Waals surface area contributed by atoms with Crippen molar-refractivity contribution in [2.75, 3.05) is 0 Å². The van der Waals surface area contributed by atoms with Crippen LogP contribution in [0.3, 0.4) is 0 Å². The Bertz CT molecular complexity index is 461. The van der Waals surface area contributed by atoms with E-state index in [-0.39, 0.29) is 5.78 Å². The maximum absolute atomic E-state index is 11.8. The second kappa shape index (κ2) is 7.66. The summed E-state index contributed by atoms with van der Waals surface area (Å²) in [6.07, 6.45) is 0. The van der Waals surface area contributed by atoms with Crippen molar-refractivity contribution < 1.29 is 30.5 Å². The normalized spacial score (nSPS) is 8.47. The van der Waals surface area contributed by atoms with Gasteiger partial charge in [-0.25, -0.2) is 0 Å². The monoisotopic (exact) mass is 262 g/mol. The van der Waals surface area contributed by atoms with E-state index in [0.717, 1.165) is 11.1 Å². The molecule has 0 aliphatic rings. The molecule has 0 spiro atoms. The summed E-state index contributed by atoms with van der Waals surface area (Å²) in [6, 6.07) is 18.6. The zero-order valence-electron chi connectivity index (χ0n) is 9.00. The van der Waals surface area contributed by atoms with Crippen LogP contribution in [0.4, 0.5) is 0 Å². The van der Waals surface area contributed by atoms with E-state index in [9.17, 15) is 4.79 Å². The van der Waals surface area contributed by atoms with Gasteiger partial charge < -0.3 is 0 Å². The molecule has 4 heteroatoms. The molecule has 2 aromatic carbocycles. The summed E-state index contributed by atoms with van der Waals surface area (Å²) in [5, 5.41) is 0. The second-order valence-electron chi connectivity index (χ2n) is 3.14. The Balaban J connectivity index is 0.000000437. The standard InChI is InChI=1S/C13H10O.2O.Ti/c14-13(11-7-3-1-4-8-11)12-9-5-2-6-10-12;;;/h1-10H;;;. The van der Waals surface area contributed by atoms with Crippen molar-refractivity contribution in [3.05, 3.63) is 71.8 Å². The number of ketones is 1. The molecule has 3 nitrogen and oxygen atoms in total. The predicted molar refractivity (Wildman–Crippen MR) is 57.7 cm³/mol. The topological polar surface area (TPSA) is 51.2 Å². The average molecular weight is 262 g/mol. The molecule has 0 aromatic heterocycles. The third-order valence-corrected chi connectivity index (χ3v) is 2.07. The zero-order chi connectivity index (χ0) is 12.5. The van der Waals surface area contributed by atoms with Gasteiger partial charge in [0, 0.05) is 11.1 Å². The Kier molecular flexibility index (Phi) is 6.08. The summed E-state index contributed by atoms with van der Waals surface area (Å²) in [6.45, 7) is 0. The third-order valence-electron chi connectivity index (χ3n) is 2.07. The Hall–Kier alpha value is -1.58. The molecule has 0 aliphatic carbocycles. The van der Waals surface area contributed by atoms with Gasteiger partial charge in [-0.05, 0) is 0 Å². The summed E-state index contributed by atoms with van der Waals surface area (Å²) in [5.74, 6) is 0.0752. The quantitative estimate of drug-likeness (QED) is 0.617. The van der Waals surface area contributed by atoms with Crippen molar-refractivity contribution in [2.45, 2.75) is 0 Å². The van der Waals surface area contributed by atoms with E-state index in [0.29, 0.717) is 0 Å². The molecule has 0 heterocycles. The van der Waals surface area contributed by atoms with Gasteiger partial charge in [0.15, 0.2) is 5.78 Å². The summed E-state index contributed by atoms with van der Waals surface area (Å²) in [7, 11) is 0. The number of hydrogen-bond donors (Lipinski definition) is 0. The van der Waals surface area contributed by atoms with Crippen LogP contribution in [0.2, 0.25) is 0 Å². The molecule has 0 radical (unpaired) electrons. The van der Waals surface area contributed by atoms with E-state index in [1.807, 2.05) is 60.7 Å². The van der Waals surface area contributed by atoms with Gasteiger partial charge in [-0.1, -0.05) is 60.7 Å². The molecule has 2 rings (SSSR count). The molecule has 0 saturated heterocycles. The Labute approximate surface area is 108 Å². The zero-order valence-corrected chi connectivity index (χ0v) is 10.6. The van der Waals surface area contributed by atoms with Crippen LogP contribution < -0.4 is 0 Å². The van der Waals surface area contributed by atoms with Crippen LogP contribution in [-0.4, -0.2) is 5.78 Å². The van der Waals surface area contributed by atoms with Gasteiger partial charge in [0.05, 0.1) is 0 Å². The first-order valence-corrected chi connectivity index (χ1v) is 6.21. The SMILES string of the molecule is O=C(c1ccccc1)c1ccccc1.[O]=[Ti]=[O]. The van der Waals surface area contributed by atoms with Gasteiger partial charge in [0.2, 0.25) is 0 Å². The van der Waals surface area contributed by atoms with Gasteiger partial charge in [-0.3, -0.25) is 4.79 Å². The fraction of sp³-hybridized carbons (Fsp3) is 0. The maximum atomic E-state index is 11.8. The molecule has 0 saturated carbocycles. The molecule has 0 N–H and O–H groups in total. The van der Waals surface area contributed by atoms with E-state index in [4.69, 9.17) is 6.65 Å². The van der Waals surface area contributed by atoms with Crippen molar-refractivity contribution in [3.63, 3.8) is 0 Å². The Morgan fingerprint density at radius 1 is 0.706 bits per heavy atom. The van der Waals surface area contributed by atoms with E-state index in [2.05, 4.69) is 0 Å². The fourth-order valence-electron chi connectivity index (χ4n) is 1.35. The first kappa shape index (κ1) is 13.5. The van der Waals surface area contributed by atoms with Crippen LogP contribution in [0.1, 0.15) is 15.9 Å². The predicted octanol–water partition coefficient (Wildman–Crippen LogP) is 2.68. The van der Waals surface area contributed by atoms with Gasteiger partial charge in [0.1, 0.15) is 0 Å². The molecule has 84 valence electrons. The minimum absolute atomic E-state index is 0.0752. The molecule has 0 aliphatic heterocycles. The van der Waals surface area contributed by atoms with E-state index >= 15 is 0 Å². The van der Waals surface area contributed by atoms with E-state index < -0.39 is 19.1 Å². The molecule has 0 atom stereocenters. The van der Waals surface area contributed by atoms with Crippen molar-refractivity contribution in [3.8, 4) is 0 Å². The summed E-state index contributed by atoms with van der Waals surface area (Å²) < 4.78 is 17.0. The molecular weight excluding hydrogens is 252 g/mol. The van der Waals surface area contributed by atoms with Crippen LogP contribution in [-0.2, 0) is 25.7 Å². The van der Waals surface area contributed by atoms with Gasteiger partial charge >= 0.3 is 25.7 Å². The van der Waals surface area contributed by atoms with Gasteiger partial charge in [-0.15, -0.1) is 0 Å². The van der Waals surface area contributed by atoms with Crippen LogP contribution in [0.25, 0.3) is 0 Å². The fourth-order valence-corrected chi connectivity index (χ4v) is 1.35. The molecule has 0 amide bonds. The number of rotatable bonds is 2. The molecular formula is C13H10O3Ti. The molecule has 0 bridgehead atoms. The van der Waals surface area contributed by atoms with E-state index in [1.54, 1.807) is 0 Å². The first-order chi connectivity index (χ1) is 8.29. The number of carbonyl (C=O) groups excluding carboxylic acids is 1. The minimum atomic E-state index is -2.00. The summed E-state index contributed by atoms with van der Waals surface area (Å²) in [4.78, 5) is 11.8. The van der Waals surface area contributed by atoms with Crippen LogP contribution in [0.5, 0.6) is 0 Å². The van der Waals surface area contributed by atoms with Gasteiger partial charge in [-0.2, -0.15) is 0 Å². The number of hydrogen-bond acceptors (Lipinski definition) is 3. The number of benzene rings is 2. The van der Waals surface area contributed by atoms with E-state index in [1.165, 1.54) is 0 Å². The Morgan fingerprint density at radius 2 is 1.00 bits per heavy atom. The Morgan fingerprint density at radius 3 is 1.29 bits per heavy atom. The summed E-state index contributed by atoms with van der Waals surface area (Å²) >= 11 is -2.00. The molecule has 0 unspecified atom stereocenters. The third kappa shape index (κ3) is 4.43. The van der Waals surface area contributed by atoms with Crippen LogP contribution in [0.15, 0.2) is 60.7 Å². The van der Waals surface area contributed by atoms with Crippen molar-refractivity contribution >= 4 is 5.78 Å². The summed E-state index contributed by atoms with van der Waals surface area (Å²) in [5.41, 5.74) is 1.47. The number of carbonyl (C=O) groups is 1. The molecule has 2 aromatic rings. The molecule has 0 fully saturated rings. The van der Waals surface area contributed by atoms with Crippen molar-refractivity contribution in [1.82, 2.24) is 0 Å². The van der Waals surface area contributed by atoms with Crippen molar-refractivity contribution in [2.24, 2.45) is 0 Å². The average Bonchev–Trinajstić information content (AvgIpc) is 2.41. The van der Waals surface area contributed by atoms with Crippen LogP contribution in [0, 0.1) is 0 Å². The van der Waals surface area contributed by atoms with Crippen LogP contribution >= 0.6 is 0 Å². The second-order valence-corrected chi connectivity index (χ2v) is 3.40. The van der Waals surface area contributed by atoms with Gasteiger partial charge in [0.25, 0.3) is 0 Å². The molecule has 17 heavy (non-hydrogen) atoms. The first-order valence-electron chi connectivity index (χ1n) is 4.93. The van der Waals surface area contributed by atoms with Crippen molar-refractivity contribution in [1.29, 1.82) is 0 Å².